The van der Waals surface area contributed by atoms with Gasteiger partial charge in [0.05, 0.1) is 0 Å². The monoisotopic (exact) mass is 360 g/mol. The minimum atomic E-state index is -0.229. The average Bonchev–Trinajstić information content (AvgIpc) is 2.69. The minimum absolute atomic E-state index is 0.229. The zero-order chi connectivity index (χ0) is 18.4. The van der Waals surface area contributed by atoms with E-state index in [1.165, 1.54) is 5.56 Å². The Morgan fingerprint density at radius 3 is 2.08 bits per heavy atom. The van der Waals surface area contributed by atoms with Gasteiger partial charge >= 0.3 is 0 Å². The highest BCUT2D eigenvalue weighted by Gasteiger charge is 2.08. The van der Waals surface area contributed by atoms with Crippen LogP contribution >= 0.6 is 12.2 Å². The lowest BCUT2D eigenvalue weighted by molar-refractivity contribution is 0.0978. The van der Waals surface area contributed by atoms with Crippen LogP contribution in [0.4, 0.5) is 5.69 Å². The molecular weight excluding hydrogens is 340 g/mol. The molecule has 130 valence electrons. The molecule has 3 rings (SSSR count). The van der Waals surface area contributed by atoms with E-state index in [0.29, 0.717) is 5.56 Å². The minimum Gasteiger partial charge on any atom is -0.332 e. The molecule has 0 saturated carbocycles. The summed E-state index contributed by atoms with van der Waals surface area (Å²) < 4.78 is 0. The smallest absolute Gasteiger partial charge is 0.257 e. The molecule has 0 spiro atoms. The van der Waals surface area contributed by atoms with Crippen molar-refractivity contribution in [1.82, 2.24) is 5.32 Å². The van der Waals surface area contributed by atoms with E-state index < -0.39 is 0 Å². The fourth-order valence-corrected chi connectivity index (χ4v) is 2.82. The third kappa shape index (κ3) is 4.55. The Morgan fingerprint density at radius 2 is 1.46 bits per heavy atom. The molecule has 0 aromatic heterocycles. The molecule has 0 bridgehead atoms. The van der Waals surface area contributed by atoms with Crippen LogP contribution in [0.1, 0.15) is 22.8 Å². The molecule has 0 aliphatic carbocycles. The molecule has 4 heteroatoms. The SMILES string of the molecule is CCc1ccc(NC(=S)NC(=O)c2ccc(-c3ccccc3)cc2)cc1. The van der Waals surface area contributed by atoms with Crippen LogP contribution in [0.3, 0.4) is 0 Å². The van der Waals surface area contributed by atoms with Crippen LogP contribution in [-0.4, -0.2) is 11.0 Å². The topological polar surface area (TPSA) is 41.1 Å². The zero-order valence-electron chi connectivity index (χ0n) is 14.5. The van der Waals surface area contributed by atoms with Crippen molar-refractivity contribution in [3.63, 3.8) is 0 Å². The number of hydrogen-bond donors (Lipinski definition) is 2. The fourth-order valence-electron chi connectivity index (χ4n) is 2.61. The van der Waals surface area contributed by atoms with E-state index in [-0.39, 0.29) is 11.0 Å². The number of anilines is 1. The van der Waals surface area contributed by atoms with Gasteiger partial charge in [-0.1, -0.05) is 61.5 Å². The highest BCUT2D eigenvalue weighted by atomic mass is 32.1. The van der Waals surface area contributed by atoms with E-state index in [9.17, 15) is 4.79 Å². The quantitative estimate of drug-likeness (QED) is 0.640. The van der Waals surface area contributed by atoms with E-state index in [1.54, 1.807) is 12.1 Å². The number of carbonyl (C=O) groups is 1. The zero-order valence-corrected chi connectivity index (χ0v) is 15.3. The third-order valence-corrected chi connectivity index (χ3v) is 4.31. The molecule has 0 aliphatic heterocycles. The van der Waals surface area contributed by atoms with Crippen LogP contribution in [0.15, 0.2) is 78.9 Å². The molecule has 0 unspecified atom stereocenters. The first-order valence-corrected chi connectivity index (χ1v) is 8.93. The summed E-state index contributed by atoms with van der Waals surface area (Å²) in [5.41, 5.74) is 4.86. The van der Waals surface area contributed by atoms with E-state index >= 15 is 0 Å². The third-order valence-electron chi connectivity index (χ3n) is 4.10. The average molecular weight is 360 g/mol. The normalized spacial score (nSPS) is 10.2. The van der Waals surface area contributed by atoms with Crippen molar-refractivity contribution in [1.29, 1.82) is 0 Å². The number of amides is 1. The number of hydrogen-bond acceptors (Lipinski definition) is 2. The fraction of sp³-hybridized carbons (Fsp3) is 0.0909. The maximum Gasteiger partial charge on any atom is 0.257 e. The molecule has 3 aromatic carbocycles. The van der Waals surface area contributed by atoms with E-state index in [2.05, 4.69) is 17.6 Å². The van der Waals surface area contributed by atoms with E-state index in [1.807, 2.05) is 66.7 Å². The molecule has 3 nitrogen and oxygen atoms in total. The predicted molar refractivity (Wildman–Crippen MR) is 111 cm³/mol. The number of aryl methyl sites for hydroxylation is 1. The van der Waals surface area contributed by atoms with E-state index in [0.717, 1.165) is 23.2 Å². The van der Waals surface area contributed by atoms with E-state index in [4.69, 9.17) is 12.2 Å². The van der Waals surface area contributed by atoms with Crippen LogP contribution in [0.5, 0.6) is 0 Å². The Morgan fingerprint density at radius 1 is 0.846 bits per heavy atom. The van der Waals surface area contributed by atoms with Gasteiger partial charge in [-0.2, -0.15) is 0 Å². The number of rotatable bonds is 4. The van der Waals surface area contributed by atoms with Gasteiger partial charge < -0.3 is 5.32 Å². The molecule has 0 aliphatic rings. The standard InChI is InChI=1S/C22H20N2OS/c1-2-16-8-14-20(15-9-16)23-22(26)24-21(25)19-12-10-18(11-13-19)17-6-4-3-5-7-17/h3-15H,2H2,1H3,(H2,23,24,25,26). The van der Waals surface area contributed by atoms with Gasteiger partial charge in [-0.3, -0.25) is 10.1 Å². The summed E-state index contributed by atoms with van der Waals surface area (Å²) in [7, 11) is 0. The Balaban J connectivity index is 1.61. The van der Waals surface area contributed by atoms with Crippen molar-refractivity contribution in [3.8, 4) is 11.1 Å². The number of benzene rings is 3. The van der Waals surface area contributed by atoms with Gasteiger partial charge in [0, 0.05) is 11.3 Å². The maximum atomic E-state index is 12.4. The molecule has 2 N–H and O–H groups in total. The summed E-state index contributed by atoms with van der Waals surface area (Å²) in [5.74, 6) is -0.229. The van der Waals surface area contributed by atoms with Gasteiger partial charge in [-0.05, 0) is 59.6 Å². The first kappa shape index (κ1) is 17.8. The first-order chi connectivity index (χ1) is 12.7. The highest BCUT2D eigenvalue weighted by Crippen LogP contribution is 2.19. The predicted octanol–water partition coefficient (Wildman–Crippen LogP) is 5.04. The van der Waals surface area contributed by atoms with Crippen molar-refractivity contribution in [2.24, 2.45) is 0 Å². The molecule has 0 heterocycles. The lowest BCUT2D eigenvalue weighted by Gasteiger charge is -2.10. The number of carbonyl (C=O) groups excluding carboxylic acids is 1. The Bertz CT molecular complexity index is 888. The van der Waals surface area contributed by atoms with Gasteiger partial charge in [0.15, 0.2) is 5.11 Å². The Labute approximate surface area is 159 Å². The van der Waals surface area contributed by atoms with Crippen molar-refractivity contribution in [3.05, 3.63) is 90.0 Å². The van der Waals surface area contributed by atoms with Crippen LogP contribution in [-0.2, 0) is 6.42 Å². The maximum absolute atomic E-state index is 12.4. The van der Waals surface area contributed by atoms with Gasteiger partial charge in [0.1, 0.15) is 0 Å². The van der Waals surface area contributed by atoms with Gasteiger partial charge in [-0.25, -0.2) is 0 Å². The first-order valence-electron chi connectivity index (χ1n) is 8.52. The Kier molecular flexibility index (Phi) is 5.77. The Hall–Kier alpha value is -2.98. The van der Waals surface area contributed by atoms with Gasteiger partial charge in [-0.15, -0.1) is 0 Å². The second kappa shape index (κ2) is 8.41. The van der Waals surface area contributed by atoms with Crippen molar-refractivity contribution in [2.75, 3.05) is 5.32 Å². The summed E-state index contributed by atoms with van der Waals surface area (Å²) >= 11 is 5.23. The summed E-state index contributed by atoms with van der Waals surface area (Å²) in [6.07, 6.45) is 0.987. The largest absolute Gasteiger partial charge is 0.332 e. The second-order valence-electron chi connectivity index (χ2n) is 5.90. The summed E-state index contributed by atoms with van der Waals surface area (Å²) in [5, 5.41) is 6.03. The van der Waals surface area contributed by atoms with Crippen molar-refractivity contribution >= 4 is 28.9 Å². The lowest BCUT2D eigenvalue weighted by atomic mass is 10.0. The molecule has 0 radical (unpaired) electrons. The van der Waals surface area contributed by atoms with Crippen LogP contribution < -0.4 is 10.6 Å². The number of nitrogens with one attached hydrogen (secondary N) is 2. The van der Waals surface area contributed by atoms with Crippen LogP contribution in [0.2, 0.25) is 0 Å². The molecule has 0 atom stereocenters. The van der Waals surface area contributed by atoms with Crippen molar-refractivity contribution in [2.45, 2.75) is 13.3 Å². The van der Waals surface area contributed by atoms with Crippen molar-refractivity contribution < 1.29 is 4.79 Å². The molecular formula is C22H20N2OS. The summed E-state index contributed by atoms with van der Waals surface area (Å²) in [6.45, 7) is 2.11. The highest BCUT2D eigenvalue weighted by molar-refractivity contribution is 7.80. The van der Waals surface area contributed by atoms with Gasteiger partial charge in [0.2, 0.25) is 0 Å². The lowest BCUT2D eigenvalue weighted by Crippen LogP contribution is -2.34. The molecule has 0 saturated heterocycles. The van der Waals surface area contributed by atoms with Crippen LogP contribution in [0, 0.1) is 0 Å². The molecule has 1 amide bonds. The molecule has 26 heavy (non-hydrogen) atoms. The number of thiocarbonyl (C=S) groups is 1. The molecule has 3 aromatic rings. The molecule has 0 fully saturated rings. The van der Waals surface area contributed by atoms with Gasteiger partial charge in [0.25, 0.3) is 5.91 Å². The van der Waals surface area contributed by atoms with Crippen LogP contribution in [0.25, 0.3) is 11.1 Å². The summed E-state index contributed by atoms with van der Waals surface area (Å²) in [6, 6.07) is 25.5. The summed E-state index contributed by atoms with van der Waals surface area (Å²) in [4.78, 5) is 12.4. The second-order valence-corrected chi connectivity index (χ2v) is 6.31.